The molecule has 0 aromatic heterocycles. The smallest absolute Gasteiger partial charge is 0.243 e. The van der Waals surface area contributed by atoms with Crippen molar-refractivity contribution in [2.24, 2.45) is 0 Å². The molecule has 1 atom stereocenters. The van der Waals surface area contributed by atoms with Crippen molar-refractivity contribution in [2.45, 2.75) is 31.8 Å². The number of nitrogens with one attached hydrogen (secondary N) is 1. The van der Waals surface area contributed by atoms with Gasteiger partial charge in [-0.3, -0.25) is 10.0 Å². The van der Waals surface area contributed by atoms with Gasteiger partial charge in [0.1, 0.15) is 0 Å². The summed E-state index contributed by atoms with van der Waals surface area (Å²) in [6.07, 6.45) is 5.79. The maximum Gasteiger partial charge on any atom is 0.243 e. The highest BCUT2D eigenvalue weighted by molar-refractivity contribution is 5.74. The number of unbranched alkanes of at least 4 members (excludes halogenated alkanes) is 1. The monoisotopic (exact) mass is 325 g/mol. The molecule has 0 spiro atoms. The van der Waals surface area contributed by atoms with Crippen LogP contribution in [0.1, 0.15) is 48.5 Å². The lowest BCUT2D eigenvalue weighted by atomic mass is 10.0. The highest BCUT2D eigenvalue weighted by atomic mass is 16.5. The first-order chi connectivity index (χ1) is 11.7. The van der Waals surface area contributed by atoms with Gasteiger partial charge in [0.2, 0.25) is 5.91 Å². The molecule has 0 aliphatic heterocycles. The third kappa shape index (κ3) is 5.99. The number of aliphatic hydroxyl groups is 1. The molecule has 0 radical (unpaired) electrons. The van der Waals surface area contributed by atoms with Crippen LogP contribution in [0.2, 0.25) is 0 Å². The normalized spacial score (nSPS) is 12.2. The SMILES string of the molecule is O=C(CCCCC(O)c1ccc(C=Cc2ccccc2)cc1)NO. The maximum absolute atomic E-state index is 10.9. The molecule has 0 aliphatic carbocycles. The predicted molar refractivity (Wildman–Crippen MR) is 95.2 cm³/mol. The molecular formula is C20H23NO3. The summed E-state index contributed by atoms with van der Waals surface area (Å²) in [5, 5.41) is 18.6. The molecule has 0 fully saturated rings. The van der Waals surface area contributed by atoms with E-state index in [0.717, 1.165) is 23.1 Å². The summed E-state index contributed by atoms with van der Waals surface area (Å²) in [5.41, 5.74) is 4.71. The van der Waals surface area contributed by atoms with Gasteiger partial charge in [-0.2, -0.15) is 0 Å². The number of amides is 1. The first-order valence-corrected chi connectivity index (χ1v) is 8.13. The maximum atomic E-state index is 10.9. The van der Waals surface area contributed by atoms with Crippen molar-refractivity contribution in [3.8, 4) is 0 Å². The molecule has 24 heavy (non-hydrogen) atoms. The van der Waals surface area contributed by atoms with Crippen molar-refractivity contribution >= 4 is 18.1 Å². The summed E-state index contributed by atoms with van der Waals surface area (Å²) in [5.74, 6) is -0.390. The van der Waals surface area contributed by atoms with Crippen LogP contribution >= 0.6 is 0 Å². The third-order valence-corrected chi connectivity index (χ3v) is 3.85. The number of carbonyl (C=O) groups is 1. The second-order valence-corrected chi connectivity index (χ2v) is 5.71. The van der Waals surface area contributed by atoms with E-state index in [2.05, 4.69) is 6.08 Å². The van der Waals surface area contributed by atoms with Gasteiger partial charge in [-0.1, -0.05) is 73.2 Å². The van der Waals surface area contributed by atoms with E-state index >= 15 is 0 Å². The van der Waals surface area contributed by atoms with E-state index in [1.807, 2.05) is 60.7 Å². The molecule has 4 heteroatoms. The molecule has 1 unspecified atom stereocenters. The Balaban J connectivity index is 1.82. The Morgan fingerprint density at radius 3 is 2.21 bits per heavy atom. The largest absolute Gasteiger partial charge is 0.388 e. The Morgan fingerprint density at radius 1 is 0.958 bits per heavy atom. The molecule has 2 aromatic carbocycles. The third-order valence-electron chi connectivity index (χ3n) is 3.85. The Hall–Kier alpha value is -2.43. The zero-order valence-electron chi connectivity index (χ0n) is 13.6. The zero-order valence-corrected chi connectivity index (χ0v) is 13.6. The quantitative estimate of drug-likeness (QED) is 0.298. The van der Waals surface area contributed by atoms with Crippen LogP contribution < -0.4 is 5.48 Å². The van der Waals surface area contributed by atoms with Crippen molar-refractivity contribution < 1.29 is 15.1 Å². The highest BCUT2D eigenvalue weighted by Crippen LogP contribution is 2.20. The lowest BCUT2D eigenvalue weighted by Gasteiger charge is -2.11. The lowest BCUT2D eigenvalue weighted by molar-refractivity contribution is -0.129. The van der Waals surface area contributed by atoms with E-state index in [4.69, 9.17) is 5.21 Å². The van der Waals surface area contributed by atoms with Gasteiger partial charge in [0.15, 0.2) is 0 Å². The van der Waals surface area contributed by atoms with Crippen LogP contribution in [0.15, 0.2) is 54.6 Å². The van der Waals surface area contributed by atoms with E-state index in [0.29, 0.717) is 12.8 Å². The summed E-state index contributed by atoms with van der Waals surface area (Å²) in [4.78, 5) is 10.9. The second-order valence-electron chi connectivity index (χ2n) is 5.71. The minimum atomic E-state index is -0.533. The summed E-state index contributed by atoms with van der Waals surface area (Å²) in [6, 6.07) is 17.9. The fourth-order valence-electron chi connectivity index (χ4n) is 2.43. The Kier molecular flexibility index (Phi) is 7.21. The molecule has 0 heterocycles. The van der Waals surface area contributed by atoms with Crippen LogP contribution in [0.3, 0.4) is 0 Å². The minimum Gasteiger partial charge on any atom is -0.388 e. The van der Waals surface area contributed by atoms with Gasteiger partial charge in [0.25, 0.3) is 0 Å². The van der Waals surface area contributed by atoms with Gasteiger partial charge in [-0.05, 0) is 29.5 Å². The highest BCUT2D eigenvalue weighted by Gasteiger charge is 2.07. The van der Waals surface area contributed by atoms with E-state index in [1.165, 1.54) is 0 Å². The average Bonchev–Trinajstić information content (AvgIpc) is 2.64. The topological polar surface area (TPSA) is 69.6 Å². The molecule has 126 valence electrons. The predicted octanol–water partition coefficient (Wildman–Crippen LogP) is 3.96. The number of hydrogen-bond acceptors (Lipinski definition) is 3. The van der Waals surface area contributed by atoms with E-state index in [9.17, 15) is 9.90 Å². The van der Waals surface area contributed by atoms with Crippen molar-refractivity contribution in [1.29, 1.82) is 0 Å². The summed E-state index contributed by atoms with van der Waals surface area (Å²) >= 11 is 0. The van der Waals surface area contributed by atoms with Crippen LogP contribution in [-0.4, -0.2) is 16.2 Å². The number of aliphatic hydroxyl groups excluding tert-OH is 1. The Morgan fingerprint density at radius 2 is 1.58 bits per heavy atom. The molecular weight excluding hydrogens is 302 g/mol. The number of hydrogen-bond donors (Lipinski definition) is 3. The van der Waals surface area contributed by atoms with Gasteiger partial charge in [0.05, 0.1) is 6.10 Å². The second kappa shape index (κ2) is 9.65. The molecule has 0 aliphatic rings. The molecule has 1 amide bonds. The van der Waals surface area contributed by atoms with Crippen molar-refractivity contribution in [1.82, 2.24) is 5.48 Å². The molecule has 4 nitrogen and oxygen atoms in total. The Bertz CT molecular complexity index is 650. The standard InChI is InChI=1S/C20H23NO3/c22-19(8-4-5-9-20(23)21-24)18-14-12-17(13-15-18)11-10-16-6-2-1-3-7-16/h1-3,6-7,10-15,19,22,24H,4-5,8-9H2,(H,21,23). The van der Waals surface area contributed by atoms with E-state index in [-0.39, 0.29) is 12.3 Å². The molecule has 0 saturated carbocycles. The van der Waals surface area contributed by atoms with Crippen molar-refractivity contribution in [3.63, 3.8) is 0 Å². The number of hydroxylamine groups is 1. The van der Waals surface area contributed by atoms with Crippen molar-refractivity contribution in [2.75, 3.05) is 0 Å². The molecule has 2 rings (SSSR count). The number of carbonyl (C=O) groups excluding carboxylic acids is 1. The molecule has 0 bridgehead atoms. The number of benzene rings is 2. The first-order valence-electron chi connectivity index (χ1n) is 8.13. The van der Waals surface area contributed by atoms with Crippen LogP contribution in [0.25, 0.3) is 12.2 Å². The van der Waals surface area contributed by atoms with Gasteiger partial charge >= 0.3 is 0 Å². The minimum absolute atomic E-state index is 0.270. The molecule has 2 aromatic rings. The molecule has 0 saturated heterocycles. The summed E-state index contributed by atoms with van der Waals surface area (Å²) < 4.78 is 0. The fourth-order valence-corrected chi connectivity index (χ4v) is 2.43. The fraction of sp³-hybridized carbons (Fsp3) is 0.250. The number of rotatable bonds is 8. The van der Waals surface area contributed by atoms with E-state index < -0.39 is 6.10 Å². The van der Waals surface area contributed by atoms with Gasteiger partial charge in [-0.25, -0.2) is 5.48 Å². The summed E-state index contributed by atoms with van der Waals surface area (Å²) in [6.45, 7) is 0. The van der Waals surface area contributed by atoms with Gasteiger partial charge in [-0.15, -0.1) is 0 Å². The summed E-state index contributed by atoms with van der Waals surface area (Å²) in [7, 11) is 0. The lowest BCUT2D eigenvalue weighted by Crippen LogP contribution is -2.17. The van der Waals surface area contributed by atoms with Crippen molar-refractivity contribution in [3.05, 3.63) is 71.3 Å². The van der Waals surface area contributed by atoms with E-state index in [1.54, 1.807) is 5.48 Å². The average molecular weight is 325 g/mol. The molecule has 3 N–H and O–H groups in total. The Labute approximate surface area is 142 Å². The van der Waals surface area contributed by atoms with Crippen LogP contribution in [0.4, 0.5) is 0 Å². The van der Waals surface area contributed by atoms with Crippen LogP contribution in [-0.2, 0) is 4.79 Å². The van der Waals surface area contributed by atoms with Gasteiger partial charge < -0.3 is 5.11 Å². The first kappa shape index (κ1) is 17.9. The van der Waals surface area contributed by atoms with Crippen LogP contribution in [0.5, 0.6) is 0 Å². The van der Waals surface area contributed by atoms with Crippen LogP contribution in [0, 0.1) is 0 Å². The van der Waals surface area contributed by atoms with Gasteiger partial charge in [0, 0.05) is 6.42 Å². The zero-order chi connectivity index (χ0) is 17.2.